The van der Waals surface area contributed by atoms with Crippen LogP contribution in [0.25, 0.3) is 0 Å². The first-order valence-corrected chi connectivity index (χ1v) is 11.8. The maximum Gasteiger partial charge on any atom is 0.240 e. The third kappa shape index (κ3) is 5.66. The van der Waals surface area contributed by atoms with Gasteiger partial charge in [0.25, 0.3) is 0 Å². The zero-order valence-corrected chi connectivity index (χ0v) is 18.2. The first-order chi connectivity index (χ1) is 15.5. The SMILES string of the molecule is O=C(CCc1ccc(S(=O)(=O)NCCc2ccccc2)cc1)Nc1ccc2c(c1)OCO2. The van der Waals surface area contributed by atoms with Gasteiger partial charge in [0.05, 0.1) is 4.90 Å². The molecule has 1 amide bonds. The number of anilines is 1. The fourth-order valence-corrected chi connectivity index (χ4v) is 4.38. The van der Waals surface area contributed by atoms with Crippen LogP contribution < -0.4 is 19.5 Å². The Bertz CT molecular complexity index is 1180. The number of fused-ring (bicyclic) bond motifs is 1. The third-order valence-corrected chi connectivity index (χ3v) is 6.56. The molecule has 3 aromatic rings. The summed E-state index contributed by atoms with van der Waals surface area (Å²) in [6.45, 7) is 0.509. The lowest BCUT2D eigenvalue weighted by molar-refractivity contribution is -0.116. The molecule has 7 nitrogen and oxygen atoms in total. The summed E-state index contributed by atoms with van der Waals surface area (Å²) in [4.78, 5) is 12.5. The number of nitrogens with one attached hydrogen (secondary N) is 2. The van der Waals surface area contributed by atoms with Crippen molar-refractivity contribution in [2.45, 2.75) is 24.2 Å². The number of hydrogen-bond acceptors (Lipinski definition) is 5. The molecule has 0 saturated carbocycles. The lowest BCUT2D eigenvalue weighted by Gasteiger charge is -2.09. The van der Waals surface area contributed by atoms with Crippen LogP contribution in [0.2, 0.25) is 0 Å². The summed E-state index contributed by atoms with van der Waals surface area (Å²) in [5.74, 6) is 1.13. The molecule has 0 saturated heterocycles. The molecule has 1 aliphatic heterocycles. The van der Waals surface area contributed by atoms with Crippen LogP contribution in [0.4, 0.5) is 5.69 Å². The van der Waals surface area contributed by atoms with Gasteiger partial charge in [-0.1, -0.05) is 42.5 Å². The summed E-state index contributed by atoms with van der Waals surface area (Å²) in [7, 11) is -3.58. The van der Waals surface area contributed by atoms with E-state index >= 15 is 0 Å². The van der Waals surface area contributed by atoms with Crippen molar-refractivity contribution < 1.29 is 22.7 Å². The molecule has 0 unspecified atom stereocenters. The van der Waals surface area contributed by atoms with Crippen molar-refractivity contribution in [2.24, 2.45) is 0 Å². The molecule has 0 atom stereocenters. The van der Waals surface area contributed by atoms with Crippen molar-refractivity contribution in [3.05, 3.63) is 83.9 Å². The van der Waals surface area contributed by atoms with Gasteiger partial charge in [-0.3, -0.25) is 4.79 Å². The monoisotopic (exact) mass is 452 g/mol. The first-order valence-electron chi connectivity index (χ1n) is 10.3. The van der Waals surface area contributed by atoms with Crippen molar-refractivity contribution in [3.8, 4) is 11.5 Å². The average molecular weight is 453 g/mol. The molecule has 3 aromatic carbocycles. The van der Waals surface area contributed by atoms with Crippen LogP contribution in [0.3, 0.4) is 0 Å². The molecule has 8 heteroatoms. The molecule has 1 heterocycles. The van der Waals surface area contributed by atoms with E-state index < -0.39 is 10.0 Å². The van der Waals surface area contributed by atoms with Crippen molar-refractivity contribution in [1.82, 2.24) is 4.72 Å². The minimum atomic E-state index is -3.58. The molecule has 4 rings (SSSR count). The molecule has 0 bridgehead atoms. The normalized spacial score (nSPS) is 12.5. The zero-order valence-electron chi connectivity index (χ0n) is 17.4. The van der Waals surface area contributed by atoms with Crippen LogP contribution in [-0.4, -0.2) is 27.7 Å². The molecule has 0 aliphatic carbocycles. The number of hydrogen-bond donors (Lipinski definition) is 2. The molecule has 32 heavy (non-hydrogen) atoms. The molecule has 0 radical (unpaired) electrons. The predicted octanol–water partition coefficient (Wildman–Crippen LogP) is 3.51. The molecule has 0 fully saturated rings. The lowest BCUT2D eigenvalue weighted by atomic mass is 10.1. The van der Waals surface area contributed by atoms with E-state index in [1.807, 2.05) is 30.3 Å². The standard InChI is InChI=1S/C24H24N2O5S/c27-24(26-20-9-12-22-23(16-20)31-17-30-22)13-8-19-6-10-21(11-7-19)32(28,29)25-15-14-18-4-2-1-3-5-18/h1-7,9-12,16,25H,8,13-15,17H2,(H,26,27). The Morgan fingerprint density at radius 1 is 0.844 bits per heavy atom. The summed E-state index contributed by atoms with van der Waals surface area (Å²) in [5.41, 5.74) is 2.60. The smallest absolute Gasteiger partial charge is 0.240 e. The van der Waals surface area contributed by atoms with Gasteiger partial charge in [-0.2, -0.15) is 0 Å². The molecule has 166 valence electrons. The minimum Gasteiger partial charge on any atom is -0.454 e. The van der Waals surface area contributed by atoms with Gasteiger partial charge in [-0.15, -0.1) is 0 Å². The number of aryl methyl sites for hydroxylation is 1. The van der Waals surface area contributed by atoms with Crippen LogP contribution in [0, 0.1) is 0 Å². The summed E-state index contributed by atoms with van der Waals surface area (Å²) < 4.78 is 38.2. The van der Waals surface area contributed by atoms with E-state index in [0.717, 1.165) is 11.1 Å². The van der Waals surface area contributed by atoms with Gasteiger partial charge in [0.15, 0.2) is 11.5 Å². The molecule has 0 spiro atoms. The van der Waals surface area contributed by atoms with Crippen LogP contribution in [-0.2, 0) is 27.7 Å². The number of benzene rings is 3. The Hall–Kier alpha value is -3.36. The highest BCUT2D eigenvalue weighted by Crippen LogP contribution is 2.34. The summed E-state index contributed by atoms with van der Waals surface area (Å²) in [6.07, 6.45) is 1.39. The van der Waals surface area contributed by atoms with E-state index in [1.165, 1.54) is 0 Å². The Balaban J connectivity index is 1.26. The minimum absolute atomic E-state index is 0.136. The first kappa shape index (κ1) is 21.9. The van der Waals surface area contributed by atoms with E-state index in [9.17, 15) is 13.2 Å². The van der Waals surface area contributed by atoms with Gasteiger partial charge in [0.2, 0.25) is 22.7 Å². The van der Waals surface area contributed by atoms with E-state index in [2.05, 4.69) is 10.0 Å². The fourth-order valence-electron chi connectivity index (χ4n) is 3.35. The maximum atomic E-state index is 12.5. The Labute approximate surface area is 187 Å². The van der Waals surface area contributed by atoms with Gasteiger partial charge in [-0.25, -0.2) is 13.1 Å². The third-order valence-electron chi connectivity index (χ3n) is 5.08. The highest BCUT2D eigenvalue weighted by atomic mass is 32.2. The van der Waals surface area contributed by atoms with Crippen molar-refractivity contribution in [1.29, 1.82) is 0 Å². The second-order valence-corrected chi connectivity index (χ2v) is 9.16. The topological polar surface area (TPSA) is 93.7 Å². The highest BCUT2D eigenvalue weighted by Gasteiger charge is 2.15. The second kappa shape index (κ2) is 9.84. The van der Waals surface area contributed by atoms with Crippen LogP contribution in [0.1, 0.15) is 17.5 Å². The fraction of sp³-hybridized carbons (Fsp3) is 0.208. The van der Waals surface area contributed by atoms with Gasteiger partial charge in [0.1, 0.15) is 0 Å². The van der Waals surface area contributed by atoms with Gasteiger partial charge in [-0.05, 0) is 48.2 Å². The van der Waals surface area contributed by atoms with Crippen LogP contribution >= 0.6 is 0 Å². The maximum absolute atomic E-state index is 12.5. The summed E-state index contributed by atoms with van der Waals surface area (Å²) in [5, 5.41) is 2.83. The van der Waals surface area contributed by atoms with Crippen molar-refractivity contribution in [3.63, 3.8) is 0 Å². The molecular weight excluding hydrogens is 428 g/mol. The highest BCUT2D eigenvalue weighted by molar-refractivity contribution is 7.89. The predicted molar refractivity (Wildman–Crippen MR) is 121 cm³/mol. The number of carbonyl (C=O) groups is 1. The number of rotatable bonds is 9. The van der Waals surface area contributed by atoms with Gasteiger partial charge >= 0.3 is 0 Å². The van der Waals surface area contributed by atoms with Crippen LogP contribution in [0.15, 0.2) is 77.7 Å². The molecular formula is C24H24N2O5S. The summed E-state index contributed by atoms with van der Waals surface area (Å²) >= 11 is 0. The van der Waals surface area contributed by atoms with Crippen molar-refractivity contribution >= 4 is 21.6 Å². The quantitative estimate of drug-likeness (QED) is 0.518. The molecule has 1 aliphatic rings. The van der Waals surface area contributed by atoms with Gasteiger partial charge in [0, 0.05) is 24.7 Å². The summed E-state index contributed by atoms with van der Waals surface area (Å²) in [6, 6.07) is 21.6. The Morgan fingerprint density at radius 3 is 2.34 bits per heavy atom. The molecule has 0 aromatic heterocycles. The number of carbonyl (C=O) groups excluding carboxylic acids is 1. The Morgan fingerprint density at radius 2 is 1.56 bits per heavy atom. The molecule has 2 N–H and O–H groups in total. The number of sulfonamides is 1. The van der Waals surface area contributed by atoms with Crippen LogP contribution in [0.5, 0.6) is 11.5 Å². The average Bonchev–Trinajstić information content (AvgIpc) is 3.26. The van der Waals surface area contributed by atoms with E-state index in [4.69, 9.17) is 9.47 Å². The largest absolute Gasteiger partial charge is 0.454 e. The van der Waals surface area contributed by atoms with Crippen molar-refractivity contribution in [2.75, 3.05) is 18.7 Å². The van der Waals surface area contributed by atoms with E-state index in [-0.39, 0.29) is 24.0 Å². The Kier molecular flexibility index (Phi) is 6.72. The van der Waals surface area contributed by atoms with Gasteiger partial charge < -0.3 is 14.8 Å². The second-order valence-electron chi connectivity index (χ2n) is 7.39. The lowest BCUT2D eigenvalue weighted by Crippen LogP contribution is -2.26. The van der Waals surface area contributed by atoms with E-state index in [1.54, 1.807) is 42.5 Å². The zero-order chi connectivity index (χ0) is 22.4. The number of amides is 1. The number of ether oxygens (including phenoxy) is 2. The van der Waals surface area contributed by atoms with E-state index in [0.29, 0.717) is 36.6 Å².